The van der Waals surface area contributed by atoms with Crippen molar-refractivity contribution in [1.29, 1.82) is 0 Å². The zero-order chi connectivity index (χ0) is 15.5. The Morgan fingerprint density at radius 3 is 2.36 bits per heavy atom. The number of thioether (sulfide) groups is 2. The summed E-state index contributed by atoms with van der Waals surface area (Å²) in [5.74, 6) is 2.56. The maximum Gasteiger partial charge on any atom is 0.186 e. The van der Waals surface area contributed by atoms with Crippen LogP contribution in [0.2, 0.25) is 0 Å². The number of anilines is 1. The lowest BCUT2D eigenvalue weighted by molar-refractivity contribution is -0.112. The molecule has 2 fully saturated rings. The monoisotopic (exact) mass is 331 g/mol. The number of hydrogen-bond acceptors (Lipinski definition) is 4. The third-order valence-corrected chi connectivity index (χ3v) is 6.78. The molecule has 0 atom stereocenters. The van der Waals surface area contributed by atoms with Crippen LogP contribution in [0.25, 0.3) is 6.08 Å². The summed E-state index contributed by atoms with van der Waals surface area (Å²) in [5, 5.41) is 0. The summed E-state index contributed by atoms with van der Waals surface area (Å²) >= 11 is 3.71. The van der Waals surface area contributed by atoms with Crippen molar-refractivity contribution in [3.8, 4) is 0 Å². The van der Waals surface area contributed by atoms with Crippen LogP contribution < -0.4 is 4.90 Å². The molecule has 1 heterocycles. The van der Waals surface area contributed by atoms with Crippen LogP contribution in [-0.2, 0) is 4.79 Å². The minimum Gasteiger partial charge on any atom is -0.378 e. The van der Waals surface area contributed by atoms with Crippen molar-refractivity contribution in [2.45, 2.75) is 19.3 Å². The van der Waals surface area contributed by atoms with Crippen molar-refractivity contribution in [3.05, 3.63) is 45.2 Å². The standard InChI is InChI=1S/C18H21NOS2/c1-19(2)15-8-6-13(7-9-15)12-14-4-3-5-16(17(14)20)18-21-10-11-22-18/h6-9,12H,3-5,10-11H2,1-2H3/b14-12+. The zero-order valence-electron chi connectivity index (χ0n) is 13.1. The predicted molar refractivity (Wildman–Crippen MR) is 99.5 cm³/mol. The number of carbonyl (C=O) groups is 1. The molecule has 1 aromatic rings. The first kappa shape index (κ1) is 15.8. The van der Waals surface area contributed by atoms with Crippen LogP contribution in [0.4, 0.5) is 5.69 Å². The van der Waals surface area contributed by atoms with Gasteiger partial charge in [-0.2, -0.15) is 0 Å². The van der Waals surface area contributed by atoms with E-state index < -0.39 is 0 Å². The van der Waals surface area contributed by atoms with Gasteiger partial charge in [-0.05, 0) is 43.0 Å². The van der Waals surface area contributed by atoms with E-state index in [2.05, 4.69) is 35.2 Å². The predicted octanol–water partition coefficient (Wildman–Crippen LogP) is 4.58. The second kappa shape index (κ2) is 6.97. The van der Waals surface area contributed by atoms with E-state index in [1.165, 1.54) is 9.92 Å². The largest absolute Gasteiger partial charge is 0.378 e. The van der Waals surface area contributed by atoms with Crippen molar-refractivity contribution in [2.24, 2.45) is 0 Å². The molecule has 1 aliphatic carbocycles. The van der Waals surface area contributed by atoms with Gasteiger partial charge in [0.05, 0.1) is 0 Å². The maximum absolute atomic E-state index is 12.7. The Morgan fingerprint density at radius 2 is 1.73 bits per heavy atom. The summed E-state index contributed by atoms with van der Waals surface area (Å²) in [7, 11) is 4.07. The highest BCUT2D eigenvalue weighted by molar-refractivity contribution is 8.25. The summed E-state index contributed by atoms with van der Waals surface area (Å²) in [6.45, 7) is 0. The van der Waals surface area contributed by atoms with Gasteiger partial charge < -0.3 is 4.90 Å². The van der Waals surface area contributed by atoms with Gasteiger partial charge in [-0.15, -0.1) is 23.5 Å². The molecular formula is C18H21NOS2. The van der Waals surface area contributed by atoms with Crippen LogP contribution >= 0.6 is 23.5 Å². The van der Waals surface area contributed by atoms with Gasteiger partial charge in [-0.25, -0.2) is 0 Å². The molecule has 1 aromatic carbocycles. The highest BCUT2D eigenvalue weighted by Gasteiger charge is 2.25. The summed E-state index contributed by atoms with van der Waals surface area (Å²) in [6.07, 6.45) is 5.02. The first-order valence-electron chi connectivity index (χ1n) is 7.66. The second-order valence-electron chi connectivity index (χ2n) is 5.80. The summed E-state index contributed by atoms with van der Waals surface area (Å²) in [5.41, 5.74) is 4.33. The van der Waals surface area contributed by atoms with Crippen LogP contribution in [0.5, 0.6) is 0 Å². The quantitative estimate of drug-likeness (QED) is 0.739. The smallest absolute Gasteiger partial charge is 0.186 e. The fourth-order valence-corrected chi connectivity index (χ4v) is 5.37. The van der Waals surface area contributed by atoms with Crippen LogP contribution in [0.15, 0.2) is 39.6 Å². The summed E-state index contributed by atoms with van der Waals surface area (Å²) in [6, 6.07) is 8.38. The topological polar surface area (TPSA) is 20.3 Å². The first-order chi connectivity index (χ1) is 10.6. The normalized spacial score (nSPS) is 20.8. The number of benzene rings is 1. The molecule has 0 N–H and O–H groups in total. The van der Waals surface area contributed by atoms with E-state index in [0.29, 0.717) is 0 Å². The molecule has 0 amide bonds. The molecule has 1 saturated heterocycles. The Balaban J connectivity index is 1.84. The molecule has 22 heavy (non-hydrogen) atoms. The second-order valence-corrected chi connectivity index (χ2v) is 8.27. The average molecular weight is 332 g/mol. The van der Waals surface area contributed by atoms with E-state index in [9.17, 15) is 4.79 Å². The number of Topliss-reactive ketones (excluding diaryl/α,β-unsaturated/α-hetero) is 1. The van der Waals surface area contributed by atoms with Crippen LogP contribution in [-0.4, -0.2) is 31.4 Å². The van der Waals surface area contributed by atoms with Gasteiger partial charge in [0.2, 0.25) is 0 Å². The van der Waals surface area contributed by atoms with Gasteiger partial charge in [-0.1, -0.05) is 12.1 Å². The molecule has 2 nitrogen and oxygen atoms in total. The number of ketones is 1. The maximum atomic E-state index is 12.7. The van der Waals surface area contributed by atoms with Gasteiger partial charge in [-0.3, -0.25) is 4.79 Å². The van der Waals surface area contributed by atoms with E-state index in [0.717, 1.165) is 47.5 Å². The Bertz CT molecular complexity index is 621. The van der Waals surface area contributed by atoms with Crippen molar-refractivity contribution < 1.29 is 4.79 Å². The van der Waals surface area contributed by atoms with E-state index in [4.69, 9.17) is 0 Å². The SMILES string of the molecule is CN(C)c1ccc(/C=C2\CCCC(=C3SCCS3)C2=O)cc1. The lowest BCUT2D eigenvalue weighted by Crippen LogP contribution is -2.13. The highest BCUT2D eigenvalue weighted by atomic mass is 32.2. The Labute approximate surface area is 141 Å². The van der Waals surface area contributed by atoms with Crippen molar-refractivity contribution in [1.82, 2.24) is 0 Å². The molecule has 0 radical (unpaired) electrons. The molecule has 2 aliphatic rings. The third kappa shape index (κ3) is 3.44. The molecule has 1 saturated carbocycles. The molecule has 116 valence electrons. The summed E-state index contributed by atoms with van der Waals surface area (Å²) in [4.78, 5) is 14.8. The average Bonchev–Trinajstić information content (AvgIpc) is 3.04. The van der Waals surface area contributed by atoms with E-state index in [-0.39, 0.29) is 5.78 Å². The molecule has 0 aromatic heterocycles. The molecule has 4 heteroatoms. The minimum absolute atomic E-state index is 0.278. The van der Waals surface area contributed by atoms with Gasteiger partial charge in [0, 0.05) is 46.7 Å². The fraction of sp³-hybridized carbons (Fsp3) is 0.389. The van der Waals surface area contributed by atoms with Crippen LogP contribution in [0.1, 0.15) is 24.8 Å². The fourth-order valence-electron chi connectivity index (χ4n) is 2.76. The molecule has 0 spiro atoms. The van der Waals surface area contributed by atoms with E-state index in [1.807, 2.05) is 37.6 Å². The lowest BCUT2D eigenvalue weighted by Gasteiger charge is -2.18. The number of allylic oxidation sites excluding steroid dienone is 2. The Morgan fingerprint density at radius 1 is 1.05 bits per heavy atom. The van der Waals surface area contributed by atoms with Gasteiger partial charge >= 0.3 is 0 Å². The van der Waals surface area contributed by atoms with Crippen molar-refractivity contribution in [3.63, 3.8) is 0 Å². The zero-order valence-corrected chi connectivity index (χ0v) is 14.7. The molecule has 1 aliphatic heterocycles. The van der Waals surface area contributed by atoms with E-state index in [1.54, 1.807) is 0 Å². The number of carbonyl (C=O) groups excluding carboxylic acids is 1. The van der Waals surface area contributed by atoms with Crippen molar-refractivity contribution in [2.75, 3.05) is 30.5 Å². The summed E-state index contributed by atoms with van der Waals surface area (Å²) < 4.78 is 1.28. The van der Waals surface area contributed by atoms with Gasteiger partial charge in [0.25, 0.3) is 0 Å². The number of rotatable bonds is 2. The number of hydrogen-bond donors (Lipinski definition) is 0. The van der Waals surface area contributed by atoms with Crippen molar-refractivity contribution >= 4 is 41.1 Å². The molecule has 0 bridgehead atoms. The van der Waals surface area contributed by atoms with E-state index >= 15 is 0 Å². The van der Waals surface area contributed by atoms with Crippen LogP contribution in [0.3, 0.4) is 0 Å². The number of nitrogens with zero attached hydrogens (tertiary/aromatic N) is 1. The molecule has 0 unspecified atom stereocenters. The lowest BCUT2D eigenvalue weighted by atomic mass is 9.88. The minimum atomic E-state index is 0.278. The third-order valence-electron chi connectivity index (χ3n) is 3.99. The molecular weight excluding hydrogens is 310 g/mol. The van der Waals surface area contributed by atoms with Crippen LogP contribution in [0, 0.1) is 0 Å². The van der Waals surface area contributed by atoms with Gasteiger partial charge in [0.15, 0.2) is 5.78 Å². The first-order valence-corrected chi connectivity index (χ1v) is 9.63. The molecule has 3 rings (SSSR count). The highest BCUT2D eigenvalue weighted by Crippen LogP contribution is 2.42. The Hall–Kier alpha value is -1.13. The van der Waals surface area contributed by atoms with Gasteiger partial charge in [0.1, 0.15) is 0 Å². The Kier molecular flexibility index (Phi) is 4.99.